The fourth-order valence-electron chi connectivity index (χ4n) is 2.15. The van der Waals surface area contributed by atoms with Gasteiger partial charge >= 0.3 is 0 Å². The van der Waals surface area contributed by atoms with Gasteiger partial charge in [-0.3, -0.25) is 9.00 Å². The van der Waals surface area contributed by atoms with Crippen molar-refractivity contribution < 1.29 is 9.00 Å². The number of benzene rings is 1. The molecular weight excluding hydrogens is 310 g/mol. The number of hydrogen-bond donors (Lipinski definition) is 2. The Labute approximate surface area is 138 Å². The van der Waals surface area contributed by atoms with Crippen LogP contribution >= 0.6 is 0 Å². The van der Waals surface area contributed by atoms with Crippen LogP contribution in [0.15, 0.2) is 47.5 Å². The van der Waals surface area contributed by atoms with Crippen molar-refractivity contribution in [1.29, 1.82) is 0 Å². The van der Waals surface area contributed by atoms with Crippen LogP contribution in [0.4, 0.5) is 11.5 Å². The van der Waals surface area contributed by atoms with E-state index < -0.39 is 10.8 Å². The third-order valence-corrected chi connectivity index (χ3v) is 4.65. The number of pyridine rings is 1. The van der Waals surface area contributed by atoms with E-state index in [2.05, 4.69) is 15.6 Å². The molecule has 120 valence electrons. The molecule has 0 spiro atoms. The summed E-state index contributed by atoms with van der Waals surface area (Å²) in [5.41, 5.74) is 1.99. The first-order valence-corrected chi connectivity index (χ1v) is 9.11. The molecule has 1 atom stereocenters. The van der Waals surface area contributed by atoms with Crippen molar-refractivity contribution in [2.24, 2.45) is 5.92 Å². The van der Waals surface area contributed by atoms with Gasteiger partial charge < -0.3 is 10.6 Å². The Hall–Kier alpha value is -2.21. The van der Waals surface area contributed by atoms with E-state index in [1.54, 1.807) is 18.5 Å². The van der Waals surface area contributed by atoms with Gasteiger partial charge in [0, 0.05) is 34.4 Å². The number of aromatic nitrogens is 1. The van der Waals surface area contributed by atoms with E-state index in [4.69, 9.17) is 0 Å². The Morgan fingerprint density at radius 2 is 1.96 bits per heavy atom. The molecular formula is C17H19N3O2S. The Kier molecular flexibility index (Phi) is 4.71. The Balaban J connectivity index is 1.53. The maximum Gasteiger partial charge on any atom is 0.228 e. The molecule has 1 saturated carbocycles. The molecule has 6 heteroatoms. The molecule has 1 heterocycles. The molecule has 1 aliphatic carbocycles. The standard InChI is InChI=1S/C17H19N3O2S/c1-23(22)15-7-2-12(3-8-15)10-18-14-6-9-16(19-11-14)20-17(21)13-4-5-13/h2-3,6-9,11,13,18H,4-5,10H2,1H3,(H,19,20,21)/t23-/m0/s1. The van der Waals surface area contributed by atoms with Crippen LogP contribution in [0.25, 0.3) is 0 Å². The number of carbonyl (C=O) groups excluding carboxylic acids is 1. The summed E-state index contributed by atoms with van der Waals surface area (Å²) in [6, 6.07) is 11.4. The number of rotatable bonds is 6. The number of anilines is 2. The summed E-state index contributed by atoms with van der Waals surface area (Å²) in [6.07, 6.45) is 5.34. The van der Waals surface area contributed by atoms with Crippen molar-refractivity contribution in [3.05, 3.63) is 48.2 Å². The normalized spacial score (nSPS) is 15.0. The molecule has 1 fully saturated rings. The zero-order valence-electron chi connectivity index (χ0n) is 12.9. The van der Waals surface area contributed by atoms with E-state index in [0.717, 1.165) is 29.0 Å². The highest BCUT2D eigenvalue weighted by Gasteiger charge is 2.29. The van der Waals surface area contributed by atoms with Gasteiger partial charge in [-0.15, -0.1) is 0 Å². The second-order valence-corrected chi connectivity index (χ2v) is 7.03. The van der Waals surface area contributed by atoms with Crippen LogP contribution < -0.4 is 10.6 Å². The fraction of sp³-hybridized carbons (Fsp3) is 0.294. The van der Waals surface area contributed by atoms with Gasteiger partial charge in [0.2, 0.25) is 5.91 Å². The topological polar surface area (TPSA) is 71.1 Å². The number of nitrogens with zero attached hydrogens (tertiary/aromatic N) is 1. The van der Waals surface area contributed by atoms with Crippen LogP contribution in [-0.2, 0) is 22.1 Å². The third kappa shape index (κ3) is 4.39. The monoisotopic (exact) mass is 329 g/mol. The van der Waals surface area contributed by atoms with Gasteiger partial charge in [0.05, 0.1) is 11.9 Å². The molecule has 0 bridgehead atoms. The van der Waals surface area contributed by atoms with E-state index in [1.807, 2.05) is 30.3 Å². The molecule has 1 aliphatic rings. The van der Waals surface area contributed by atoms with Gasteiger partial charge in [-0.2, -0.15) is 0 Å². The van der Waals surface area contributed by atoms with Crippen LogP contribution in [0.1, 0.15) is 18.4 Å². The van der Waals surface area contributed by atoms with Gasteiger partial charge in [-0.1, -0.05) is 12.1 Å². The second-order valence-electron chi connectivity index (χ2n) is 5.65. The van der Waals surface area contributed by atoms with Crippen LogP contribution in [0.5, 0.6) is 0 Å². The van der Waals surface area contributed by atoms with Gasteiger partial charge in [-0.25, -0.2) is 4.98 Å². The van der Waals surface area contributed by atoms with Crippen molar-refractivity contribution in [1.82, 2.24) is 4.98 Å². The second kappa shape index (κ2) is 6.91. The Morgan fingerprint density at radius 3 is 2.52 bits per heavy atom. The van der Waals surface area contributed by atoms with Crippen molar-refractivity contribution in [2.75, 3.05) is 16.9 Å². The van der Waals surface area contributed by atoms with E-state index in [9.17, 15) is 9.00 Å². The zero-order valence-corrected chi connectivity index (χ0v) is 13.7. The summed E-state index contributed by atoms with van der Waals surface area (Å²) < 4.78 is 11.3. The average molecular weight is 329 g/mol. The first-order chi connectivity index (χ1) is 11.1. The molecule has 5 nitrogen and oxygen atoms in total. The number of carbonyl (C=O) groups is 1. The molecule has 1 aromatic heterocycles. The molecule has 0 unspecified atom stereocenters. The highest BCUT2D eigenvalue weighted by molar-refractivity contribution is 7.84. The third-order valence-electron chi connectivity index (χ3n) is 3.71. The highest BCUT2D eigenvalue weighted by Crippen LogP contribution is 2.29. The minimum Gasteiger partial charge on any atom is -0.380 e. The highest BCUT2D eigenvalue weighted by atomic mass is 32.2. The first kappa shape index (κ1) is 15.7. The Bertz CT molecular complexity index is 710. The van der Waals surface area contributed by atoms with Crippen molar-refractivity contribution >= 4 is 28.2 Å². The molecule has 0 radical (unpaired) electrons. The number of hydrogen-bond acceptors (Lipinski definition) is 4. The first-order valence-electron chi connectivity index (χ1n) is 7.55. The molecule has 1 aromatic carbocycles. The predicted molar refractivity (Wildman–Crippen MR) is 91.7 cm³/mol. The minimum absolute atomic E-state index is 0.0617. The minimum atomic E-state index is -0.949. The van der Waals surface area contributed by atoms with Crippen molar-refractivity contribution in [3.8, 4) is 0 Å². The summed E-state index contributed by atoms with van der Waals surface area (Å²) in [6.45, 7) is 0.659. The molecule has 0 aliphatic heterocycles. The van der Waals surface area contributed by atoms with Gasteiger partial charge in [0.1, 0.15) is 5.82 Å². The summed E-state index contributed by atoms with van der Waals surface area (Å²) >= 11 is 0. The van der Waals surface area contributed by atoms with Gasteiger partial charge in [-0.05, 0) is 42.7 Å². The van der Waals surface area contributed by atoms with Gasteiger partial charge in [0.25, 0.3) is 0 Å². The smallest absolute Gasteiger partial charge is 0.228 e. The molecule has 0 saturated heterocycles. The fourth-order valence-corrected chi connectivity index (χ4v) is 2.67. The number of nitrogens with one attached hydrogen (secondary N) is 2. The Morgan fingerprint density at radius 1 is 1.22 bits per heavy atom. The van der Waals surface area contributed by atoms with E-state index in [-0.39, 0.29) is 11.8 Å². The lowest BCUT2D eigenvalue weighted by Crippen LogP contribution is -2.14. The molecule has 1 amide bonds. The summed E-state index contributed by atoms with van der Waals surface area (Å²) in [5, 5.41) is 6.09. The maximum absolute atomic E-state index is 11.7. The number of amides is 1. The summed E-state index contributed by atoms with van der Waals surface area (Å²) in [5.74, 6) is 0.823. The molecule has 3 rings (SSSR count). The quantitative estimate of drug-likeness (QED) is 0.855. The van der Waals surface area contributed by atoms with Crippen LogP contribution in [0, 0.1) is 5.92 Å². The SMILES string of the molecule is C[S@](=O)c1ccc(CNc2ccc(NC(=O)C3CC3)nc2)cc1. The summed E-state index contributed by atoms with van der Waals surface area (Å²) in [7, 11) is -0.949. The van der Waals surface area contributed by atoms with Crippen LogP contribution in [-0.4, -0.2) is 21.4 Å². The van der Waals surface area contributed by atoms with E-state index in [0.29, 0.717) is 12.4 Å². The van der Waals surface area contributed by atoms with E-state index >= 15 is 0 Å². The predicted octanol–water partition coefficient (Wildman–Crippen LogP) is 2.78. The zero-order chi connectivity index (χ0) is 16.2. The average Bonchev–Trinajstić information content (AvgIpc) is 3.39. The lowest BCUT2D eigenvalue weighted by molar-refractivity contribution is -0.117. The molecule has 2 aromatic rings. The lowest BCUT2D eigenvalue weighted by atomic mass is 10.2. The van der Waals surface area contributed by atoms with Gasteiger partial charge in [0.15, 0.2) is 0 Å². The van der Waals surface area contributed by atoms with Crippen molar-refractivity contribution in [2.45, 2.75) is 24.3 Å². The van der Waals surface area contributed by atoms with Crippen molar-refractivity contribution in [3.63, 3.8) is 0 Å². The van der Waals surface area contributed by atoms with E-state index in [1.165, 1.54) is 0 Å². The maximum atomic E-state index is 11.7. The van der Waals surface area contributed by atoms with Crippen LogP contribution in [0.2, 0.25) is 0 Å². The largest absolute Gasteiger partial charge is 0.380 e. The molecule has 2 N–H and O–H groups in total. The summed E-state index contributed by atoms with van der Waals surface area (Å²) in [4.78, 5) is 16.7. The van der Waals surface area contributed by atoms with Crippen LogP contribution in [0.3, 0.4) is 0 Å². The lowest BCUT2D eigenvalue weighted by Gasteiger charge is -2.08. The molecule has 23 heavy (non-hydrogen) atoms.